The molecule has 2 rings (SSSR count). The zero-order valence-electron chi connectivity index (χ0n) is 11.8. The normalized spacial score (nSPS) is 12.2. The first-order valence-electron chi connectivity index (χ1n) is 6.39. The van der Waals surface area contributed by atoms with Crippen molar-refractivity contribution >= 4 is 11.8 Å². The Bertz CT molecular complexity index is 613. The van der Waals surface area contributed by atoms with Gasteiger partial charge in [0.2, 0.25) is 0 Å². The highest BCUT2D eigenvalue weighted by Gasteiger charge is 2.13. The van der Waals surface area contributed by atoms with E-state index < -0.39 is 0 Å². The molecule has 0 amide bonds. The smallest absolute Gasteiger partial charge is 0.132 e. The van der Waals surface area contributed by atoms with Gasteiger partial charge in [-0.1, -0.05) is 23.9 Å². The molecular formula is C16H18FNOS. The van der Waals surface area contributed by atoms with Crippen LogP contribution in [0.15, 0.2) is 46.2 Å². The van der Waals surface area contributed by atoms with Crippen molar-refractivity contribution in [3.63, 3.8) is 0 Å². The number of methoxy groups -OCH3 is 1. The standard InChI is InChI=1S/C16H18FNOS/c1-10-8-16(12(11(2)18)9-13(10)17)20-15-7-5-4-6-14(15)19-3/h4-9,11H,18H2,1-3H3/t11-/m1/s1. The molecule has 2 aromatic carbocycles. The van der Waals surface area contributed by atoms with E-state index in [0.717, 1.165) is 21.1 Å². The summed E-state index contributed by atoms with van der Waals surface area (Å²) in [7, 11) is 1.64. The van der Waals surface area contributed by atoms with Crippen molar-refractivity contribution in [1.82, 2.24) is 0 Å². The molecule has 2 nitrogen and oxygen atoms in total. The molecule has 106 valence electrons. The van der Waals surface area contributed by atoms with Crippen LogP contribution in [-0.4, -0.2) is 7.11 Å². The van der Waals surface area contributed by atoms with Crippen molar-refractivity contribution in [1.29, 1.82) is 0 Å². The van der Waals surface area contributed by atoms with Crippen LogP contribution in [0.3, 0.4) is 0 Å². The minimum Gasteiger partial charge on any atom is -0.496 e. The zero-order chi connectivity index (χ0) is 14.7. The molecule has 0 aliphatic carbocycles. The maximum absolute atomic E-state index is 13.7. The summed E-state index contributed by atoms with van der Waals surface area (Å²) in [5, 5.41) is 0. The Morgan fingerprint density at radius 2 is 1.90 bits per heavy atom. The maximum atomic E-state index is 13.7. The summed E-state index contributed by atoms with van der Waals surface area (Å²) in [4.78, 5) is 1.95. The second-order valence-corrected chi connectivity index (χ2v) is 5.76. The van der Waals surface area contributed by atoms with Gasteiger partial charge in [0.05, 0.1) is 12.0 Å². The van der Waals surface area contributed by atoms with Gasteiger partial charge in [0.15, 0.2) is 0 Å². The Balaban J connectivity index is 2.45. The minimum absolute atomic E-state index is 0.220. The molecule has 4 heteroatoms. The molecule has 0 heterocycles. The lowest BCUT2D eigenvalue weighted by Gasteiger charge is -2.15. The van der Waals surface area contributed by atoms with Crippen LogP contribution in [0, 0.1) is 12.7 Å². The van der Waals surface area contributed by atoms with Crippen molar-refractivity contribution in [2.45, 2.75) is 29.7 Å². The van der Waals surface area contributed by atoms with E-state index in [2.05, 4.69) is 0 Å². The molecule has 1 atom stereocenters. The molecule has 2 aromatic rings. The van der Waals surface area contributed by atoms with Gasteiger partial charge in [-0.15, -0.1) is 0 Å². The Morgan fingerprint density at radius 1 is 1.20 bits per heavy atom. The predicted molar refractivity (Wildman–Crippen MR) is 80.9 cm³/mol. The molecule has 0 bridgehead atoms. The summed E-state index contributed by atoms with van der Waals surface area (Å²) in [5.74, 6) is 0.580. The first-order chi connectivity index (χ1) is 9.52. The van der Waals surface area contributed by atoms with E-state index in [1.807, 2.05) is 37.3 Å². The predicted octanol–water partition coefficient (Wildman–Crippen LogP) is 4.31. The lowest BCUT2D eigenvalue weighted by atomic mass is 10.1. The SMILES string of the molecule is COc1ccccc1Sc1cc(C)c(F)cc1[C@@H](C)N. The topological polar surface area (TPSA) is 35.2 Å². The lowest BCUT2D eigenvalue weighted by Crippen LogP contribution is -2.07. The van der Waals surface area contributed by atoms with Crippen LogP contribution < -0.4 is 10.5 Å². The van der Waals surface area contributed by atoms with Crippen molar-refractivity contribution in [2.75, 3.05) is 7.11 Å². The number of nitrogens with two attached hydrogens (primary N) is 1. The van der Waals surface area contributed by atoms with Crippen molar-refractivity contribution in [3.8, 4) is 5.75 Å². The lowest BCUT2D eigenvalue weighted by molar-refractivity contribution is 0.405. The summed E-state index contributed by atoms with van der Waals surface area (Å²) in [6, 6.07) is 10.9. The first kappa shape index (κ1) is 14.9. The molecule has 0 radical (unpaired) electrons. The van der Waals surface area contributed by atoms with Crippen LogP contribution >= 0.6 is 11.8 Å². The number of benzene rings is 2. The molecule has 0 aliphatic heterocycles. The Morgan fingerprint density at radius 3 is 2.55 bits per heavy atom. The van der Waals surface area contributed by atoms with Gasteiger partial charge in [-0.3, -0.25) is 0 Å². The van der Waals surface area contributed by atoms with Crippen LogP contribution in [-0.2, 0) is 0 Å². The van der Waals surface area contributed by atoms with E-state index in [9.17, 15) is 4.39 Å². The number of hydrogen-bond acceptors (Lipinski definition) is 3. The average Bonchev–Trinajstić information content (AvgIpc) is 2.43. The van der Waals surface area contributed by atoms with Gasteiger partial charge in [-0.2, -0.15) is 0 Å². The van der Waals surface area contributed by atoms with Gasteiger partial charge in [-0.25, -0.2) is 4.39 Å². The second kappa shape index (κ2) is 6.29. The second-order valence-electron chi connectivity index (χ2n) is 4.68. The average molecular weight is 291 g/mol. The first-order valence-corrected chi connectivity index (χ1v) is 7.21. The summed E-state index contributed by atoms with van der Waals surface area (Å²) >= 11 is 1.54. The van der Waals surface area contributed by atoms with Gasteiger partial charge >= 0.3 is 0 Å². The zero-order valence-corrected chi connectivity index (χ0v) is 12.6. The van der Waals surface area contributed by atoms with Gasteiger partial charge in [0.1, 0.15) is 11.6 Å². The molecule has 0 fully saturated rings. The molecule has 0 spiro atoms. The van der Waals surface area contributed by atoms with Gasteiger partial charge in [0.25, 0.3) is 0 Å². The largest absolute Gasteiger partial charge is 0.496 e. The maximum Gasteiger partial charge on any atom is 0.132 e. The highest BCUT2D eigenvalue weighted by atomic mass is 32.2. The molecule has 20 heavy (non-hydrogen) atoms. The van der Waals surface area contributed by atoms with E-state index in [1.54, 1.807) is 25.8 Å². The molecule has 2 N–H and O–H groups in total. The molecule has 0 aliphatic rings. The summed E-state index contributed by atoms with van der Waals surface area (Å²) in [6.45, 7) is 3.61. The van der Waals surface area contributed by atoms with Gasteiger partial charge < -0.3 is 10.5 Å². The Labute approximate surface area is 123 Å². The fourth-order valence-electron chi connectivity index (χ4n) is 1.94. The number of hydrogen-bond donors (Lipinski definition) is 1. The number of ether oxygens (including phenoxy) is 1. The Hall–Kier alpha value is -1.52. The molecule has 0 saturated heterocycles. The van der Waals surface area contributed by atoms with Crippen LogP contribution in [0.5, 0.6) is 5.75 Å². The number of para-hydroxylation sites is 1. The molecule has 0 saturated carbocycles. The third kappa shape index (κ3) is 3.14. The highest BCUT2D eigenvalue weighted by molar-refractivity contribution is 7.99. The molecule has 0 unspecified atom stereocenters. The van der Waals surface area contributed by atoms with Crippen LogP contribution in [0.2, 0.25) is 0 Å². The number of aryl methyl sites for hydroxylation is 1. The van der Waals surface area contributed by atoms with Crippen LogP contribution in [0.25, 0.3) is 0 Å². The summed E-state index contributed by atoms with van der Waals surface area (Å²) < 4.78 is 19.1. The molecule has 0 aromatic heterocycles. The van der Waals surface area contributed by atoms with Crippen LogP contribution in [0.4, 0.5) is 4.39 Å². The van der Waals surface area contributed by atoms with E-state index in [-0.39, 0.29) is 11.9 Å². The summed E-state index contributed by atoms with van der Waals surface area (Å²) in [6.07, 6.45) is 0. The fraction of sp³-hybridized carbons (Fsp3) is 0.250. The van der Waals surface area contributed by atoms with E-state index >= 15 is 0 Å². The minimum atomic E-state index is -0.221. The highest BCUT2D eigenvalue weighted by Crippen LogP contribution is 2.38. The quantitative estimate of drug-likeness (QED) is 0.911. The van der Waals surface area contributed by atoms with Crippen molar-refractivity contribution in [3.05, 3.63) is 53.3 Å². The number of rotatable bonds is 4. The third-order valence-electron chi connectivity index (χ3n) is 3.07. The van der Waals surface area contributed by atoms with Gasteiger partial charge in [0, 0.05) is 10.9 Å². The monoisotopic (exact) mass is 291 g/mol. The van der Waals surface area contributed by atoms with Crippen LogP contribution in [0.1, 0.15) is 24.1 Å². The molecular weight excluding hydrogens is 273 g/mol. The third-order valence-corrected chi connectivity index (χ3v) is 4.20. The van der Waals surface area contributed by atoms with Crippen molar-refractivity contribution < 1.29 is 9.13 Å². The van der Waals surface area contributed by atoms with E-state index in [4.69, 9.17) is 10.5 Å². The summed E-state index contributed by atoms with van der Waals surface area (Å²) in [5.41, 5.74) is 7.37. The van der Waals surface area contributed by atoms with Gasteiger partial charge in [-0.05, 0) is 49.2 Å². The van der Waals surface area contributed by atoms with E-state index in [1.165, 1.54) is 6.07 Å². The van der Waals surface area contributed by atoms with Crippen molar-refractivity contribution in [2.24, 2.45) is 5.73 Å². The van der Waals surface area contributed by atoms with E-state index in [0.29, 0.717) is 5.56 Å². The number of halogens is 1. The fourth-order valence-corrected chi connectivity index (χ4v) is 3.17. The Kier molecular flexibility index (Phi) is 4.68.